The third kappa shape index (κ3) is 4.30. The summed E-state index contributed by atoms with van der Waals surface area (Å²) in [6.45, 7) is 8.13. The topological polar surface area (TPSA) is 66.8 Å². The summed E-state index contributed by atoms with van der Waals surface area (Å²) in [6.07, 6.45) is -0.163. The Morgan fingerprint density at radius 1 is 1.20 bits per heavy atom. The Morgan fingerprint density at radius 2 is 1.70 bits per heavy atom. The van der Waals surface area contributed by atoms with Gasteiger partial charge in [-0.15, -0.1) is 0 Å². The third-order valence-corrected chi connectivity index (χ3v) is 3.21. The maximum atomic E-state index is 10.7. The van der Waals surface area contributed by atoms with Crippen molar-refractivity contribution in [2.45, 2.75) is 40.5 Å². The molecule has 0 amide bonds. The Kier molecular flexibility index (Phi) is 5.69. The van der Waals surface area contributed by atoms with Crippen LogP contribution in [0.25, 0.3) is 0 Å². The Labute approximate surface area is 124 Å². The highest BCUT2D eigenvalue weighted by atomic mass is 35.5. The van der Waals surface area contributed by atoms with Crippen molar-refractivity contribution in [3.63, 3.8) is 0 Å². The summed E-state index contributed by atoms with van der Waals surface area (Å²) in [6, 6.07) is 1.84. The van der Waals surface area contributed by atoms with Crippen molar-refractivity contribution in [2.75, 3.05) is 0 Å². The second-order valence-corrected chi connectivity index (χ2v) is 6.13. The van der Waals surface area contributed by atoms with E-state index in [-0.39, 0.29) is 16.5 Å². The highest BCUT2D eigenvalue weighted by Crippen LogP contribution is 2.41. The number of rotatable bonds is 5. The van der Waals surface area contributed by atoms with Crippen LogP contribution in [-0.2, 0) is 12.8 Å². The number of carbonyl (C=O) groups is 1. The molecule has 0 aliphatic carbocycles. The van der Waals surface area contributed by atoms with Crippen LogP contribution < -0.4 is 4.74 Å². The molecular formula is C15H21ClO4. The zero-order valence-corrected chi connectivity index (χ0v) is 13.0. The smallest absolute Gasteiger partial charge is 0.504 e. The zero-order chi connectivity index (χ0) is 15.4. The molecule has 4 nitrogen and oxygen atoms in total. The van der Waals surface area contributed by atoms with Gasteiger partial charge in [-0.2, -0.15) is 0 Å². The quantitative estimate of drug-likeness (QED) is 0.620. The summed E-state index contributed by atoms with van der Waals surface area (Å²) >= 11 is 6.16. The molecule has 2 N–H and O–H groups in total. The molecule has 0 unspecified atom stereocenters. The lowest BCUT2D eigenvalue weighted by atomic mass is 9.95. The van der Waals surface area contributed by atoms with Crippen LogP contribution in [0.3, 0.4) is 0 Å². The molecule has 0 saturated carbocycles. The van der Waals surface area contributed by atoms with Crippen molar-refractivity contribution in [3.05, 3.63) is 22.2 Å². The lowest BCUT2D eigenvalue weighted by Gasteiger charge is -2.16. The molecule has 0 aliphatic rings. The summed E-state index contributed by atoms with van der Waals surface area (Å²) in [5.41, 5.74) is 1.46. The van der Waals surface area contributed by atoms with Crippen LogP contribution in [0.5, 0.6) is 11.5 Å². The lowest BCUT2D eigenvalue weighted by molar-refractivity contribution is 0.143. The van der Waals surface area contributed by atoms with E-state index in [1.807, 2.05) is 33.8 Å². The minimum absolute atomic E-state index is 0.159. The number of aromatic hydroxyl groups is 1. The number of hydrogen-bond donors (Lipinski definition) is 2. The van der Waals surface area contributed by atoms with Gasteiger partial charge in [0.15, 0.2) is 11.5 Å². The largest absolute Gasteiger partial charge is 0.511 e. The van der Waals surface area contributed by atoms with Crippen LogP contribution in [0, 0.1) is 11.8 Å². The first-order valence-electron chi connectivity index (χ1n) is 6.66. The van der Waals surface area contributed by atoms with Crippen molar-refractivity contribution in [1.82, 2.24) is 0 Å². The van der Waals surface area contributed by atoms with Crippen LogP contribution in [-0.4, -0.2) is 16.4 Å². The fraction of sp³-hybridized carbons (Fsp3) is 0.533. The van der Waals surface area contributed by atoms with E-state index in [9.17, 15) is 9.90 Å². The summed E-state index contributed by atoms with van der Waals surface area (Å²) in [5, 5.41) is 19.1. The van der Waals surface area contributed by atoms with E-state index < -0.39 is 6.16 Å². The van der Waals surface area contributed by atoms with E-state index in [0.717, 1.165) is 5.56 Å². The zero-order valence-electron chi connectivity index (χ0n) is 12.2. The van der Waals surface area contributed by atoms with Crippen molar-refractivity contribution < 1.29 is 19.7 Å². The van der Waals surface area contributed by atoms with E-state index in [0.29, 0.717) is 30.2 Å². The average Bonchev–Trinajstić information content (AvgIpc) is 2.29. The van der Waals surface area contributed by atoms with Gasteiger partial charge in [0.2, 0.25) is 0 Å². The average molecular weight is 301 g/mol. The number of phenols is 1. The van der Waals surface area contributed by atoms with Gasteiger partial charge in [-0.25, -0.2) is 4.79 Å². The molecule has 1 aromatic carbocycles. The molecule has 0 radical (unpaired) electrons. The molecule has 0 aliphatic heterocycles. The Morgan fingerprint density at radius 3 is 2.15 bits per heavy atom. The Bertz CT molecular complexity index is 461. The lowest BCUT2D eigenvalue weighted by Crippen LogP contribution is -2.07. The van der Waals surface area contributed by atoms with E-state index in [2.05, 4.69) is 4.74 Å². The maximum Gasteiger partial charge on any atom is 0.511 e. The fourth-order valence-electron chi connectivity index (χ4n) is 2.10. The SMILES string of the molecule is CC(C)Cc1cc(CC(C)C)c(Cl)c(OC(=O)O)c1O. The van der Waals surface area contributed by atoms with E-state index in [1.165, 1.54) is 0 Å². The molecule has 0 heterocycles. The van der Waals surface area contributed by atoms with Crippen LogP contribution in [0.4, 0.5) is 4.79 Å². The molecule has 0 aromatic heterocycles. The van der Waals surface area contributed by atoms with Crippen molar-refractivity contribution in [2.24, 2.45) is 11.8 Å². The number of halogens is 1. The van der Waals surface area contributed by atoms with Gasteiger partial charge in [0.25, 0.3) is 0 Å². The van der Waals surface area contributed by atoms with Gasteiger partial charge in [-0.05, 0) is 35.8 Å². The summed E-state index contributed by atoms with van der Waals surface area (Å²) in [4.78, 5) is 10.7. The van der Waals surface area contributed by atoms with E-state index >= 15 is 0 Å². The van der Waals surface area contributed by atoms with Gasteiger partial charge >= 0.3 is 6.16 Å². The van der Waals surface area contributed by atoms with Crippen molar-refractivity contribution in [3.8, 4) is 11.5 Å². The third-order valence-electron chi connectivity index (χ3n) is 2.79. The Balaban J connectivity index is 3.35. The monoisotopic (exact) mass is 300 g/mol. The van der Waals surface area contributed by atoms with E-state index in [4.69, 9.17) is 16.7 Å². The predicted octanol–water partition coefficient (Wildman–Crippen LogP) is 4.50. The highest BCUT2D eigenvalue weighted by molar-refractivity contribution is 6.33. The minimum atomic E-state index is -1.49. The van der Waals surface area contributed by atoms with Gasteiger partial charge in [-0.1, -0.05) is 45.4 Å². The summed E-state index contributed by atoms with van der Waals surface area (Å²) in [7, 11) is 0. The fourth-order valence-corrected chi connectivity index (χ4v) is 2.36. The molecule has 0 bridgehead atoms. The molecule has 0 spiro atoms. The van der Waals surface area contributed by atoms with Crippen LogP contribution in [0.15, 0.2) is 6.07 Å². The molecule has 20 heavy (non-hydrogen) atoms. The normalized spacial score (nSPS) is 11.2. The molecule has 0 saturated heterocycles. The van der Waals surface area contributed by atoms with Crippen molar-refractivity contribution in [1.29, 1.82) is 0 Å². The Hall–Kier alpha value is -1.42. The number of benzene rings is 1. The second-order valence-electron chi connectivity index (χ2n) is 5.75. The second kappa shape index (κ2) is 6.84. The van der Waals surface area contributed by atoms with Gasteiger partial charge < -0.3 is 14.9 Å². The first-order valence-corrected chi connectivity index (χ1v) is 7.04. The molecule has 0 fully saturated rings. The molecule has 0 atom stereocenters. The standard InChI is InChI=1S/C15H21ClO4/c1-8(2)5-10-7-11(6-9(3)4)13(17)14(12(10)16)20-15(18)19/h7-9,17H,5-6H2,1-4H3,(H,18,19). The molecule has 1 aromatic rings. The van der Waals surface area contributed by atoms with Gasteiger partial charge in [0, 0.05) is 0 Å². The predicted molar refractivity (Wildman–Crippen MR) is 78.9 cm³/mol. The maximum absolute atomic E-state index is 10.7. The van der Waals surface area contributed by atoms with Gasteiger partial charge in [0.1, 0.15) is 0 Å². The first kappa shape index (κ1) is 16.6. The van der Waals surface area contributed by atoms with Gasteiger partial charge in [-0.3, -0.25) is 0 Å². The van der Waals surface area contributed by atoms with Gasteiger partial charge in [0.05, 0.1) is 5.02 Å². The number of hydrogen-bond acceptors (Lipinski definition) is 3. The molecule has 1 rings (SSSR count). The van der Waals surface area contributed by atoms with Crippen LogP contribution in [0.1, 0.15) is 38.8 Å². The minimum Gasteiger partial charge on any atom is -0.504 e. The van der Waals surface area contributed by atoms with Crippen LogP contribution in [0.2, 0.25) is 5.02 Å². The highest BCUT2D eigenvalue weighted by Gasteiger charge is 2.21. The molecule has 5 heteroatoms. The first-order chi connectivity index (χ1) is 9.22. The van der Waals surface area contributed by atoms with Crippen molar-refractivity contribution >= 4 is 17.8 Å². The molecule has 112 valence electrons. The van der Waals surface area contributed by atoms with Crippen LogP contribution >= 0.6 is 11.6 Å². The summed E-state index contributed by atoms with van der Waals surface area (Å²) < 4.78 is 4.65. The molecular weight excluding hydrogens is 280 g/mol. The number of phenolic OH excluding ortho intramolecular Hbond substituents is 1. The number of carboxylic acid groups (broad SMARTS) is 1. The van der Waals surface area contributed by atoms with E-state index in [1.54, 1.807) is 0 Å². The number of ether oxygens (including phenoxy) is 1. The summed E-state index contributed by atoms with van der Waals surface area (Å²) in [5.74, 6) is 0.347.